The standard InChI is InChI=1S/C18H13ClF2N4O2/c1-27-15-6-5-10(19)7-13(15)24-18(26)14-8-16(23-9-22-14)25-17-11(20)3-2-4-12(17)21/h2-9H,1H3,(H,24,26)(H,22,23,25). The summed E-state index contributed by atoms with van der Waals surface area (Å²) >= 11 is 5.93. The second kappa shape index (κ2) is 7.96. The number of para-hydroxylation sites is 1. The van der Waals surface area contributed by atoms with E-state index in [-0.39, 0.29) is 17.2 Å². The molecule has 0 aliphatic rings. The number of aromatic nitrogens is 2. The summed E-state index contributed by atoms with van der Waals surface area (Å²) in [4.78, 5) is 20.2. The zero-order chi connectivity index (χ0) is 19.4. The molecular weight excluding hydrogens is 378 g/mol. The fraction of sp³-hybridized carbons (Fsp3) is 0.0556. The van der Waals surface area contributed by atoms with E-state index in [4.69, 9.17) is 16.3 Å². The van der Waals surface area contributed by atoms with Gasteiger partial charge in [0.25, 0.3) is 5.91 Å². The molecule has 0 radical (unpaired) electrons. The SMILES string of the molecule is COc1ccc(Cl)cc1NC(=O)c1cc(Nc2c(F)cccc2F)ncn1. The Balaban J connectivity index is 1.83. The number of benzene rings is 2. The van der Waals surface area contributed by atoms with Gasteiger partial charge in [-0.25, -0.2) is 18.7 Å². The fourth-order valence-electron chi connectivity index (χ4n) is 2.26. The van der Waals surface area contributed by atoms with Crippen LogP contribution in [0.5, 0.6) is 5.75 Å². The van der Waals surface area contributed by atoms with Crippen LogP contribution >= 0.6 is 11.6 Å². The van der Waals surface area contributed by atoms with E-state index in [9.17, 15) is 13.6 Å². The van der Waals surface area contributed by atoms with E-state index in [2.05, 4.69) is 20.6 Å². The molecule has 3 rings (SSSR count). The number of carbonyl (C=O) groups is 1. The van der Waals surface area contributed by atoms with Gasteiger partial charge in [0, 0.05) is 11.1 Å². The predicted octanol–water partition coefficient (Wildman–Crippen LogP) is 4.41. The summed E-state index contributed by atoms with van der Waals surface area (Å²) in [5, 5.41) is 5.53. The summed E-state index contributed by atoms with van der Waals surface area (Å²) in [5.41, 5.74) is -0.0476. The lowest BCUT2D eigenvalue weighted by Gasteiger charge is -2.11. The molecule has 1 aromatic heterocycles. The number of halogens is 3. The largest absolute Gasteiger partial charge is 0.495 e. The van der Waals surface area contributed by atoms with E-state index in [0.29, 0.717) is 16.5 Å². The van der Waals surface area contributed by atoms with Crippen molar-refractivity contribution in [1.82, 2.24) is 9.97 Å². The van der Waals surface area contributed by atoms with Crippen LogP contribution in [0.15, 0.2) is 48.8 Å². The van der Waals surface area contributed by atoms with Crippen LogP contribution in [0, 0.1) is 11.6 Å². The molecule has 0 atom stereocenters. The van der Waals surface area contributed by atoms with Crippen LogP contribution in [0.3, 0.4) is 0 Å². The molecule has 9 heteroatoms. The Morgan fingerprint density at radius 1 is 1.11 bits per heavy atom. The molecule has 138 valence electrons. The molecule has 27 heavy (non-hydrogen) atoms. The average Bonchev–Trinajstić information content (AvgIpc) is 2.65. The van der Waals surface area contributed by atoms with Crippen LogP contribution < -0.4 is 15.4 Å². The van der Waals surface area contributed by atoms with Gasteiger partial charge in [-0.1, -0.05) is 17.7 Å². The van der Waals surface area contributed by atoms with E-state index in [1.807, 2.05) is 0 Å². The van der Waals surface area contributed by atoms with E-state index >= 15 is 0 Å². The summed E-state index contributed by atoms with van der Waals surface area (Å²) < 4.78 is 32.7. The zero-order valence-corrected chi connectivity index (χ0v) is 14.7. The normalized spacial score (nSPS) is 10.4. The van der Waals surface area contributed by atoms with Gasteiger partial charge < -0.3 is 15.4 Å². The van der Waals surface area contributed by atoms with Gasteiger partial charge in [0.05, 0.1) is 12.8 Å². The number of nitrogens with one attached hydrogen (secondary N) is 2. The first-order valence-corrected chi connectivity index (χ1v) is 8.03. The molecular formula is C18H13ClF2N4O2. The van der Waals surface area contributed by atoms with E-state index in [1.165, 1.54) is 25.3 Å². The second-order valence-electron chi connectivity index (χ2n) is 5.31. The third-order valence-electron chi connectivity index (χ3n) is 3.53. The van der Waals surface area contributed by atoms with Crippen molar-refractivity contribution in [2.75, 3.05) is 17.7 Å². The number of anilines is 3. The number of ether oxygens (including phenoxy) is 1. The summed E-state index contributed by atoms with van der Waals surface area (Å²) in [6, 6.07) is 9.45. The molecule has 1 heterocycles. The molecule has 6 nitrogen and oxygen atoms in total. The van der Waals surface area contributed by atoms with Crippen molar-refractivity contribution in [1.29, 1.82) is 0 Å². The lowest BCUT2D eigenvalue weighted by molar-refractivity contribution is 0.102. The molecule has 0 aliphatic heterocycles. The van der Waals surface area contributed by atoms with Gasteiger partial charge in [-0.05, 0) is 30.3 Å². The number of hydrogen-bond donors (Lipinski definition) is 2. The number of rotatable bonds is 5. The first-order valence-electron chi connectivity index (χ1n) is 7.66. The Labute approximate surface area is 158 Å². The summed E-state index contributed by atoms with van der Waals surface area (Å²) in [6.45, 7) is 0. The molecule has 0 aliphatic carbocycles. The zero-order valence-electron chi connectivity index (χ0n) is 14.0. The first kappa shape index (κ1) is 18.5. The van der Waals surface area contributed by atoms with Gasteiger partial charge in [0.2, 0.25) is 0 Å². The number of nitrogens with zero attached hydrogens (tertiary/aromatic N) is 2. The monoisotopic (exact) mass is 390 g/mol. The maximum atomic E-state index is 13.8. The van der Waals surface area contributed by atoms with Crippen molar-refractivity contribution < 1.29 is 18.3 Å². The van der Waals surface area contributed by atoms with Crippen LogP contribution in [0.2, 0.25) is 5.02 Å². The van der Waals surface area contributed by atoms with Gasteiger partial charge in [0.1, 0.15) is 40.9 Å². The molecule has 0 spiro atoms. The van der Waals surface area contributed by atoms with Crippen molar-refractivity contribution in [2.24, 2.45) is 0 Å². The second-order valence-corrected chi connectivity index (χ2v) is 5.75. The number of hydrogen-bond acceptors (Lipinski definition) is 5. The summed E-state index contributed by atoms with van der Waals surface area (Å²) in [5.74, 6) is -1.69. The highest BCUT2D eigenvalue weighted by Crippen LogP contribution is 2.28. The van der Waals surface area contributed by atoms with Crippen LogP contribution in [-0.4, -0.2) is 23.0 Å². The van der Waals surface area contributed by atoms with Crippen molar-refractivity contribution in [2.45, 2.75) is 0 Å². The molecule has 2 N–H and O–H groups in total. The van der Waals surface area contributed by atoms with Crippen LogP contribution in [0.25, 0.3) is 0 Å². The number of carbonyl (C=O) groups excluding carboxylic acids is 1. The number of amides is 1. The maximum Gasteiger partial charge on any atom is 0.274 e. The third-order valence-corrected chi connectivity index (χ3v) is 3.76. The molecule has 3 aromatic rings. The molecule has 0 saturated carbocycles. The van der Waals surface area contributed by atoms with Crippen LogP contribution in [0.4, 0.5) is 26.0 Å². The first-order chi connectivity index (χ1) is 13.0. The lowest BCUT2D eigenvalue weighted by Crippen LogP contribution is -2.15. The highest BCUT2D eigenvalue weighted by Gasteiger charge is 2.14. The molecule has 0 fully saturated rings. The van der Waals surface area contributed by atoms with Crippen molar-refractivity contribution in [3.8, 4) is 5.75 Å². The fourth-order valence-corrected chi connectivity index (χ4v) is 2.43. The van der Waals surface area contributed by atoms with Crippen molar-refractivity contribution in [3.05, 3.63) is 71.1 Å². The Morgan fingerprint density at radius 3 is 2.56 bits per heavy atom. The van der Waals surface area contributed by atoms with Gasteiger partial charge >= 0.3 is 0 Å². The van der Waals surface area contributed by atoms with Crippen molar-refractivity contribution in [3.63, 3.8) is 0 Å². The summed E-state index contributed by atoms with van der Waals surface area (Å²) in [6.07, 6.45) is 1.10. The quantitative estimate of drug-likeness (QED) is 0.674. The van der Waals surface area contributed by atoms with Crippen LogP contribution in [-0.2, 0) is 0 Å². The molecule has 0 unspecified atom stereocenters. The smallest absolute Gasteiger partial charge is 0.274 e. The maximum absolute atomic E-state index is 13.8. The van der Waals surface area contributed by atoms with Gasteiger partial charge in [0.15, 0.2) is 0 Å². The Morgan fingerprint density at radius 2 is 1.85 bits per heavy atom. The highest BCUT2D eigenvalue weighted by molar-refractivity contribution is 6.31. The van der Waals surface area contributed by atoms with E-state index < -0.39 is 17.5 Å². The minimum Gasteiger partial charge on any atom is -0.495 e. The van der Waals surface area contributed by atoms with Crippen molar-refractivity contribution >= 4 is 34.7 Å². The predicted molar refractivity (Wildman–Crippen MR) is 97.6 cm³/mol. The Hall–Kier alpha value is -3.26. The highest BCUT2D eigenvalue weighted by atomic mass is 35.5. The molecule has 0 bridgehead atoms. The van der Waals surface area contributed by atoms with Gasteiger partial charge in [-0.2, -0.15) is 0 Å². The third kappa shape index (κ3) is 4.29. The molecule has 0 saturated heterocycles. The van der Waals surface area contributed by atoms with Gasteiger partial charge in [-0.15, -0.1) is 0 Å². The average molecular weight is 391 g/mol. The van der Waals surface area contributed by atoms with Gasteiger partial charge in [-0.3, -0.25) is 4.79 Å². The lowest BCUT2D eigenvalue weighted by atomic mass is 10.2. The topological polar surface area (TPSA) is 76.1 Å². The number of methoxy groups -OCH3 is 1. The Bertz CT molecular complexity index is 981. The van der Waals surface area contributed by atoms with Crippen LogP contribution in [0.1, 0.15) is 10.5 Å². The summed E-state index contributed by atoms with van der Waals surface area (Å²) in [7, 11) is 1.45. The molecule has 2 aromatic carbocycles. The molecule has 1 amide bonds. The minimum atomic E-state index is -0.789. The Kier molecular flexibility index (Phi) is 5.46. The minimum absolute atomic E-state index is 0.0220. The van der Waals surface area contributed by atoms with E-state index in [1.54, 1.807) is 12.1 Å². The van der Waals surface area contributed by atoms with E-state index in [0.717, 1.165) is 18.5 Å².